The summed E-state index contributed by atoms with van der Waals surface area (Å²) in [5, 5.41) is 0. The van der Waals surface area contributed by atoms with E-state index in [9.17, 15) is 18.0 Å². The molecule has 122 valence electrons. The van der Waals surface area contributed by atoms with Crippen LogP contribution in [-0.4, -0.2) is 61.2 Å². The van der Waals surface area contributed by atoms with Crippen molar-refractivity contribution in [1.82, 2.24) is 9.80 Å². The van der Waals surface area contributed by atoms with Gasteiger partial charge in [-0.25, -0.2) is 8.42 Å². The molecule has 2 rings (SSSR count). The molecular weight excluding hydrogens is 308 g/mol. The highest BCUT2D eigenvalue weighted by atomic mass is 32.2. The molecule has 0 spiro atoms. The molecule has 1 aromatic rings. The van der Waals surface area contributed by atoms with Crippen LogP contribution in [0, 0.1) is 0 Å². The number of furan rings is 1. The molecule has 1 aliphatic heterocycles. The summed E-state index contributed by atoms with van der Waals surface area (Å²) in [5.41, 5.74) is 0. The maximum atomic E-state index is 12.3. The molecule has 1 atom stereocenters. The lowest BCUT2D eigenvalue weighted by molar-refractivity contribution is -0.140. The molecule has 1 aliphatic rings. The Labute approximate surface area is 129 Å². The van der Waals surface area contributed by atoms with Crippen molar-refractivity contribution in [3.8, 4) is 0 Å². The summed E-state index contributed by atoms with van der Waals surface area (Å²) in [6.07, 6.45) is 1.95. The van der Waals surface area contributed by atoms with E-state index in [1.54, 1.807) is 19.2 Å². The Balaban J connectivity index is 1.97. The topological polar surface area (TPSA) is 87.9 Å². The van der Waals surface area contributed by atoms with Crippen LogP contribution in [0.2, 0.25) is 0 Å². The fourth-order valence-corrected chi connectivity index (χ4v) is 4.20. The Kier molecular flexibility index (Phi) is 4.90. The average molecular weight is 328 g/mol. The van der Waals surface area contributed by atoms with Crippen LogP contribution >= 0.6 is 0 Å². The molecular formula is C14H20N2O5S. The highest BCUT2D eigenvalue weighted by molar-refractivity contribution is 7.91. The number of rotatable bonds is 5. The van der Waals surface area contributed by atoms with Gasteiger partial charge < -0.3 is 14.2 Å². The molecule has 0 aliphatic carbocycles. The molecule has 0 saturated carbocycles. The Bertz CT molecular complexity index is 638. The molecule has 0 aromatic carbocycles. The van der Waals surface area contributed by atoms with Crippen molar-refractivity contribution in [2.75, 3.05) is 25.1 Å². The van der Waals surface area contributed by atoms with Gasteiger partial charge >= 0.3 is 0 Å². The smallest absolute Gasteiger partial charge is 0.242 e. The van der Waals surface area contributed by atoms with Gasteiger partial charge in [0.1, 0.15) is 12.3 Å². The van der Waals surface area contributed by atoms with Crippen LogP contribution in [0.25, 0.3) is 0 Å². The Morgan fingerprint density at radius 1 is 1.41 bits per heavy atom. The van der Waals surface area contributed by atoms with E-state index >= 15 is 0 Å². The molecule has 0 N–H and O–H groups in total. The number of nitrogens with zero attached hydrogens (tertiary/aromatic N) is 2. The average Bonchev–Trinajstić information content (AvgIpc) is 3.06. The van der Waals surface area contributed by atoms with Crippen molar-refractivity contribution >= 4 is 21.7 Å². The quantitative estimate of drug-likeness (QED) is 0.774. The first-order chi connectivity index (χ1) is 10.3. The van der Waals surface area contributed by atoms with Crippen molar-refractivity contribution < 1.29 is 22.4 Å². The normalized spacial score (nSPS) is 19.8. The zero-order valence-corrected chi connectivity index (χ0v) is 13.5. The lowest BCUT2D eigenvalue weighted by atomic mass is 10.2. The van der Waals surface area contributed by atoms with E-state index in [1.165, 1.54) is 23.0 Å². The van der Waals surface area contributed by atoms with Crippen LogP contribution < -0.4 is 0 Å². The first kappa shape index (κ1) is 16.5. The standard InChI is InChI=1S/C14H20N2O5S/c1-11(17)16(8-13-4-3-6-21-13)9-14(18)15(2)12-5-7-22(19,20)10-12/h3-4,6,12H,5,7-10H2,1-2H3. The van der Waals surface area contributed by atoms with Gasteiger partial charge in [-0.3, -0.25) is 9.59 Å². The summed E-state index contributed by atoms with van der Waals surface area (Å²) in [6.45, 7) is 1.50. The number of carbonyl (C=O) groups is 2. The molecule has 1 saturated heterocycles. The van der Waals surface area contributed by atoms with Crippen molar-refractivity contribution in [3.05, 3.63) is 24.2 Å². The third-order valence-electron chi connectivity index (χ3n) is 3.85. The Hall–Kier alpha value is -1.83. The molecule has 22 heavy (non-hydrogen) atoms. The van der Waals surface area contributed by atoms with Gasteiger partial charge in [0.2, 0.25) is 11.8 Å². The molecule has 0 bridgehead atoms. The minimum atomic E-state index is -3.05. The third-order valence-corrected chi connectivity index (χ3v) is 5.60. The fraction of sp³-hybridized carbons (Fsp3) is 0.571. The van der Waals surface area contributed by atoms with Gasteiger partial charge in [0, 0.05) is 20.0 Å². The number of sulfone groups is 1. The molecule has 0 radical (unpaired) electrons. The van der Waals surface area contributed by atoms with Crippen molar-refractivity contribution in [2.24, 2.45) is 0 Å². The second-order valence-corrected chi connectivity index (χ2v) is 7.74. The van der Waals surface area contributed by atoms with Crippen LogP contribution in [0.1, 0.15) is 19.1 Å². The second kappa shape index (κ2) is 6.51. The van der Waals surface area contributed by atoms with Gasteiger partial charge in [0.25, 0.3) is 0 Å². The first-order valence-electron chi connectivity index (χ1n) is 7.02. The van der Waals surface area contributed by atoms with E-state index in [-0.39, 0.29) is 42.5 Å². The fourth-order valence-electron chi connectivity index (χ4n) is 2.43. The molecule has 1 unspecified atom stereocenters. The number of carbonyl (C=O) groups excluding carboxylic acids is 2. The summed E-state index contributed by atoms with van der Waals surface area (Å²) in [4.78, 5) is 26.8. The minimum absolute atomic E-state index is 0.00645. The molecule has 1 aromatic heterocycles. The highest BCUT2D eigenvalue weighted by Gasteiger charge is 2.33. The van der Waals surface area contributed by atoms with Gasteiger partial charge in [-0.15, -0.1) is 0 Å². The number of hydrogen-bond acceptors (Lipinski definition) is 5. The minimum Gasteiger partial charge on any atom is -0.467 e. The van der Waals surface area contributed by atoms with Crippen molar-refractivity contribution in [3.63, 3.8) is 0 Å². The van der Waals surface area contributed by atoms with Crippen molar-refractivity contribution in [1.29, 1.82) is 0 Å². The summed E-state index contributed by atoms with van der Waals surface area (Å²) in [7, 11) is -1.47. The Morgan fingerprint density at radius 2 is 2.14 bits per heavy atom. The summed E-state index contributed by atoms with van der Waals surface area (Å²) in [6, 6.07) is 3.13. The monoisotopic (exact) mass is 328 g/mol. The van der Waals surface area contributed by atoms with Crippen molar-refractivity contribution in [2.45, 2.75) is 25.9 Å². The molecule has 1 fully saturated rings. The molecule has 7 nitrogen and oxygen atoms in total. The lowest BCUT2D eigenvalue weighted by Crippen LogP contribution is -2.44. The number of amides is 2. The first-order valence-corrected chi connectivity index (χ1v) is 8.84. The van der Waals surface area contributed by atoms with Gasteiger partial charge in [-0.2, -0.15) is 0 Å². The maximum absolute atomic E-state index is 12.3. The summed E-state index contributed by atoms with van der Waals surface area (Å²) < 4.78 is 28.2. The van der Waals surface area contributed by atoms with Gasteiger partial charge in [0.15, 0.2) is 9.84 Å². The van der Waals surface area contributed by atoms with E-state index in [4.69, 9.17) is 4.42 Å². The van der Waals surface area contributed by atoms with E-state index in [0.29, 0.717) is 12.2 Å². The Morgan fingerprint density at radius 3 is 2.64 bits per heavy atom. The lowest BCUT2D eigenvalue weighted by Gasteiger charge is -2.27. The molecule has 2 amide bonds. The SMILES string of the molecule is CC(=O)N(CC(=O)N(C)C1CCS(=O)(=O)C1)Cc1ccco1. The predicted molar refractivity (Wildman–Crippen MR) is 79.6 cm³/mol. The summed E-state index contributed by atoms with van der Waals surface area (Å²) in [5.74, 6) is 0.182. The van der Waals surface area contributed by atoms with E-state index in [1.807, 2.05) is 0 Å². The van der Waals surface area contributed by atoms with Crippen LogP contribution in [0.3, 0.4) is 0 Å². The largest absolute Gasteiger partial charge is 0.467 e. The van der Waals surface area contributed by atoms with Gasteiger partial charge in [0.05, 0.1) is 24.3 Å². The van der Waals surface area contributed by atoms with E-state index in [0.717, 1.165) is 0 Å². The van der Waals surface area contributed by atoms with Crippen LogP contribution in [0.4, 0.5) is 0 Å². The van der Waals surface area contributed by atoms with Gasteiger partial charge in [-0.05, 0) is 18.6 Å². The second-order valence-electron chi connectivity index (χ2n) is 5.52. The third kappa shape index (κ3) is 4.09. The highest BCUT2D eigenvalue weighted by Crippen LogP contribution is 2.17. The molecule has 8 heteroatoms. The van der Waals surface area contributed by atoms with Crippen LogP contribution in [-0.2, 0) is 26.0 Å². The molecule has 2 heterocycles. The predicted octanol–water partition coefficient (Wildman–Crippen LogP) is 0.274. The van der Waals surface area contributed by atoms with E-state index < -0.39 is 9.84 Å². The zero-order valence-electron chi connectivity index (χ0n) is 12.7. The summed E-state index contributed by atoms with van der Waals surface area (Å²) >= 11 is 0. The van der Waals surface area contributed by atoms with Crippen LogP contribution in [0.5, 0.6) is 0 Å². The van der Waals surface area contributed by atoms with E-state index in [2.05, 4.69) is 0 Å². The number of likely N-dealkylation sites (N-methyl/N-ethyl adjacent to an activating group) is 1. The maximum Gasteiger partial charge on any atom is 0.242 e. The van der Waals surface area contributed by atoms with Crippen LogP contribution in [0.15, 0.2) is 22.8 Å². The zero-order chi connectivity index (χ0) is 16.3. The van der Waals surface area contributed by atoms with Gasteiger partial charge in [-0.1, -0.05) is 0 Å². The number of hydrogen-bond donors (Lipinski definition) is 0.